The summed E-state index contributed by atoms with van der Waals surface area (Å²) in [6, 6.07) is 0. The number of ether oxygens (including phenoxy) is 4. The van der Waals surface area contributed by atoms with Gasteiger partial charge in [-0.15, -0.1) is 0 Å². The molecule has 1 aliphatic carbocycles. The second-order valence-electron chi connectivity index (χ2n) is 8.88. The van der Waals surface area contributed by atoms with Crippen molar-refractivity contribution in [3.63, 3.8) is 0 Å². The molecule has 0 fully saturated rings. The van der Waals surface area contributed by atoms with Gasteiger partial charge in [-0.3, -0.25) is 24.0 Å². The van der Waals surface area contributed by atoms with Crippen LogP contribution < -0.4 is 0 Å². The van der Waals surface area contributed by atoms with E-state index < -0.39 is 59.5 Å². The van der Waals surface area contributed by atoms with Crippen LogP contribution in [0.1, 0.15) is 66.2 Å². The Morgan fingerprint density at radius 1 is 1.03 bits per heavy atom. The molecule has 1 aliphatic rings. The molecular formula is C27H37ClO10. The summed E-state index contributed by atoms with van der Waals surface area (Å²) >= 11 is 6.14. The Bertz CT molecular complexity index is 954. The molecule has 5 atom stereocenters. The second-order valence-corrected chi connectivity index (χ2v) is 9.29. The van der Waals surface area contributed by atoms with Gasteiger partial charge in [-0.25, -0.2) is 0 Å². The Morgan fingerprint density at radius 3 is 2.18 bits per heavy atom. The summed E-state index contributed by atoms with van der Waals surface area (Å²) in [4.78, 5) is 61.0. The lowest BCUT2D eigenvalue weighted by Gasteiger charge is -2.39. The molecule has 11 heteroatoms. The van der Waals surface area contributed by atoms with E-state index in [2.05, 4.69) is 4.74 Å². The number of methoxy groups -OCH3 is 1. The maximum Gasteiger partial charge on any atom is 0.305 e. The van der Waals surface area contributed by atoms with Crippen molar-refractivity contribution in [2.45, 2.75) is 90.1 Å². The van der Waals surface area contributed by atoms with Crippen molar-refractivity contribution in [3.8, 4) is 0 Å². The molecule has 0 aliphatic heterocycles. The van der Waals surface area contributed by atoms with Gasteiger partial charge < -0.3 is 24.1 Å². The molecule has 0 bridgehead atoms. The highest BCUT2D eigenvalue weighted by Crippen LogP contribution is 2.41. The van der Waals surface area contributed by atoms with E-state index in [0.29, 0.717) is 6.42 Å². The van der Waals surface area contributed by atoms with Crippen molar-refractivity contribution in [1.29, 1.82) is 0 Å². The van der Waals surface area contributed by atoms with E-state index in [1.54, 1.807) is 12.2 Å². The Balaban J connectivity index is 3.48. The Kier molecular flexibility index (Phi) is 14.0. The van der Waals surface area contributed by atoms with Crippen LogP contribution in [0.25, 0.3) is 0 Å². The van der Waals surface area contributed by atoms with Gasteiger partial charge in [0, 0.05) is 27.2 Å². The summed E-state index contributed by atoms with van der Waals surface area (Å²) in [7, 11) is 1.22. The first kappa shape index (κ1) is 33.0. The average molecular weight is 557 g/mol. The third-order valence-electron chi connectivity index (χ3n) is 5.76. The highest BCUT2D eigenvalue weighted by atomic mass is 35.5. The standard InChI is InChI=1S/C27H37ClO10/c1-6-7-8-9-10-11-15-27(34)16-20(28)24(33)23(27)26(38-19(4)31)25(37-18(3)30)21(36-17(2)29)13-12-14-22(32)35-5/h7-8,10-11,16,21,23,25-26,34H,6,9,12-15H2,1-5H3/b8-7-,11-10-. The monoisotopic (exact) mass is 556 g/mol. The number of Topliss-reactive ketones (excluding diaryl/α,β-unsaturated/α-hetero) is 1. The molecule has 0 aromatic heterocycles. The quantitative estimate of drug-likeness (QED) is 0.181. The number of hydrogen-bond acceptors (Lipinski definition) is 10. The highest BCUT2D eigenvalue weighted by molar-refractivity contribution is 6.44. The molecule has 0 aromatic rings. The van der Waals surface area contributed by atoms with E-state index in [0.717, 1.165) is 27.2 Å². The first-order valence-corrected chi connectivity index (χ1v) is 12.8. The molecule has 5 unspecified atom stereocenters. The van der Waals surface area contributed by atoms with Crippen LogP contribution in [0.3, 0.4) is 0 Å². The van der Waals surface area contributed by atoms with Crippen LogP contribution >= 0.6 is 11.6 Å². The van der Waals surface area contributed by atoms with Gasteiger partial charge in [-0.2, -0.15) is 0 Å². The van der Waals surface area contributed by atoms with Crippen molar-refractivity contribution in [3.05, 3.63) is 35.4 Å². The Labute approximate surface area is 228 Å². The third kappa shape index (κ3) is 10.4. The summed E-state index contributed by atoms with van der Waals surface area (Å²) in [6.07, 6.45) is 5.79. The minimum atomic E-state index is -1.90. The predicted octanol–water partition coefficient (Wildman–Crippen LogP) is 3.48. The van der Waals surface area contributed by atoms with Gasteiger partial charge in [0.2, 0.25) is 0 Å². The van der Waals surface area contributed by atoms with Crippen LogP contribution in [0, 0.1) is 5.92 Å². The minimum Gasteiger partial charge on any atom is -0.469 e. The number of ketones is 1. The normalized spacial score (nSPS) is 21.6. The van der Waals surface area contributed by atoms with Crippen LogP contribution in [-0.4, -0.2) is 65.8 Å². The number of carbonyl (C=O) groups is 5. The summed E-state index contributed by atoms with van der Waals surface area (Å²) in [5, 5.41) is 11.3. The number of esters is 4. The molecule has 212 valence electrons. The highest BCUT2D eigenvalue weighted by Gasteiger charge is 2.56. The second kappa shape index (κ2) is 16.1. The van der Waals surface area contributed by atoms with Gasteiger partial charge in [0.05, 0.1) is 18.1 Å². The summed E-state index contributed by atoms with van der Waals surface area (Å²) in [5.74, 6) is -5.09. The first-order chi connectivity index (χ1) is 17.9. The zero-order valence-electron chi connectivity index (χ0n) is 22.4. The lowest BCUT2D eigenvalue weighted by molar-refractivity contribution is -0.194. The zero-order valence-corrected chi connectivity index (χ0v) is 23.2. The average Bonchev–Trinajstić information content (AvgIpc) is 3.05. The van der Waals surface area contributed by atoms with Gasteiger partial charge in [0.1, 0.15) is 11.7 Å². The number of aliphatic hydroxyl groups is 1. The smallest absolute Gasteiger partial charge is 0.305 e. The van der Waals surface area contributed by atoms with Crippen LogP contribution in [0.15, 0.2) is 35.4 Å². The molecule has 10 nitrogen and oxygen atoms in total. The summed E-state index contributed by atoms with van der Waals surface area (Å²) in [6.45, 7) is 5.31. The van der Waals surface area contributed by atoms with Gasteiger partial charge in [0.25, 0.3) is 0 Å². The Morgan fingerprint density at radius 2 is 1.63 bits per heavy atom. The number of rotatable bonds is 15. The SMILES string of the molecule is CC/C=C\C/C=C\CC1(O)C=C(Cl)C(=O)C1C(OC(C)=O)C(OC(C)=O)C(CCCC(=O)OC)OC(C)=O. The van der Waals surface area contributed by atoms with E-state index in [9.17, 15) is 29.1 Å². The summed E-state index contributed by atoms with van der Waals surface area (Å²) in [5.41, 5.74) is -1.90. The fourth-order valence-corrected chi connectivity index (χ4v) is 4.51. The number of hydrogen-bond donors (Lipinski definition) is 1. The lowest BCUT2D eigenvalue weighted by atomic mass is 9.79. The Hall–Kier alpha value is -2.98. The number of halogens is 1. The molecule has 0 aromatic carbocycles. The lowest BCUT2D eigenvalue weighted by Crippen LogP contribution is -2.55. The van der Waals surface area contributed by atoms with E-state index >= 15 is 0 Å². The molecule has 38 heavy (non-hydrogen) atoms. The first-order valence-electron chi connectivity index (χ1n) is 12.4. The number of allylic oxidation sites excluding steroid dienone is 4. The molecule has 1 rings (SSSR count). The van der Waals surface area contributed by atoms with Crippen LogP contribution in [0.5, 0.6) is 0 Å². The van der Waals surface area contributed by atoms with E-state index in [1.807, 2.05) is 19.1 Å². The zero-order chi connectivity index (χ0) is 28.9. The van der Waals surface area contributed by atoms with Gasteiger partial charge in [-0.1, -0.05) is 42.8 Å². The van der Waals surface area contributed by atoms with E-state index in [1.165, 1.54) is 13.2 Å². The fraction of sp³-hybridized carbons (Fsp3) is 0.593. The third-order valence-corrected chi connectivity index (χ3v) is 6.05. The maximum absolute atomic E-state index is 13.2. The largest absolute Gasteiger partial charge is 0.469 e. The molecule has 0 radical (unpaired) electrons. The molecule has 0 spiro atoms. The number of carbonyl (C=O) groups excluding carboxylic acids is 5. The molecule has 0 amide bonds. The molecule has 0 heterocycles. The molecule has 0 saturated carbocycles. The van der Waals surface area contributed by atoms with E-state index in [-0.39, 0.29) is 30.7 Å². The van der Waals surface area contributed by atoms with Crippen molar-refractivity contribution in [1.82, 2.24) is 0 Å². The maximum atomic E-state index is 13.2. The van der Waals surface area contributed by atoms with Crippen LogP contribution in [-0.2, 0) is 42.9 Å². The van der Waals surface area contributed by atoms with Crippen molar-refractivity contribution in [2.75, 3.05) is 7.11 Å². The van der Waals surface area contributed by atoms with Crippen LogP contribution in [0.4, 0.5) is 0 Å². The fourth-order valence-electron chi connectivity index (χ4n) is 4.20. The van der Waals surface area contributed by atoms with Crippen molar-refractivity contribution >= 4 is 41.3 Å². The van der Waals surface area contributed by atoms with E-state index in [4.69, 9.17) is 25.8 Å². The van der Waals surface area contributed by atoms with Gasteiger partial charge in [0.15, 0.2) is 18.0 Å². The summed E-state index contributed by atoms with van der Waals surface area (Å²) < 4.78 is 21.0. The van der Waals surface area contributed by atoms with Gasteiger partial charge in [-0.05, 0) is 38.2 Å². The minimum absolute atomic E-state index is 0.00540. The molecular weight excluding hydrogens is 520 g/mol. The predicted molar refractivity (Wildman–Crippen MR) is 138 cm³/mol. The molecule has 0 saturated heterocycles. The van der Waals surface area contributed by atoms with Crippen molar-refractivity contribution in [2.24, 2.45) is 5.92 Å². The van der Waals surface area contributed by atoms with Gasteiger partial charge >= 0.3 is 23.9 Å². The van der Waals surface area contributed by atoms with Crippen molar-refractivity contribution < 1.29 is 48.0 Å². The topological polar surface area (TPSA) is 142 Å². The van der Waals surface area contributed by atoms with Crippen LogP contribution in [0.2, 0.25) is 0 Å². The molecule has 1 N–H and O–H groups in total.